The first-order valence-corrected chi connectivity index (χ1v) is 30.7. The lowest BCUT2D eigenvalue weighted by atomic mass is 10.1. The smallest absolute Gasteiger partial charge is 0.306 e. The van der Waals surface area contributed by atoms with Crippen LogP contribution in [0.4, 0.5) is 0 Å². The van der Waals surface area contributed by atoms with E-state index in [1.807, 2.05) is 0 Å². The molecule has 0 saturated carbocycles. The van der Waals surface area contributed by atoms with Gasteiger partial charge >= 0.3 is 17.9 Å². The molecule has 0 fully saturated rings. The van der Waals surface area contributed by atoms with Crippen LogP contribution in [0.3, 0.4) is 0 Å². The van der Waals surface area contributed by atoms with Crippen LogP contribution in [0.1, 0.15) is 290 Å². The van der Waals surface area contributed by atoms with Crippen molar-refractivity contribution in [2.24, 2.45) is 0 Å². The Morgan fingerprint density at radius 2 is 0.562 bits per heavy atom. The van der Waals surface area contributed by atoms with Crippen LogP contribution in [0.15, 0.2) is 97.2 Å². The Balaban J connectivity index is 4.38. The molecule has 0 N–H and O–H groups in total. The maximum Gasteiger partial charge on any atom is 0.306 e. The Kier molecular flexibility index (Phi) is 57.8. The highest BCUT2D eigenvalue weighted by atomic mass is 16.6. The van der Waals surface area contributed by atoms with Gasteiger partial charge in [-0.25, -0.2) is 0 Å². The van der Waals surface area contributed by atoms with E-state index in [0.717, 1.165) is 128 Å². The summed E-state index contributed by atoms with van der Waals surface area (Å²) in [5.41, 5.74) is 0. The van der Waals surface area contributed by atoms with E-state index >= 15 is 0 Å². The summed E-state index contributed by atoms with van der Waals surface area (Å²) >= 11 is 0. The molecule has 0 heterocycles. The number of carbonyl (C=O) groups is 3. The van der Waals surface area contributed by atoms with Crippen molar-refractivity contribution in [3.05, 3.63) is 97.2 Å². The summed E-state index contributed by atoms with van der Waals surface area (Å²) in [7, 11) is 0. The molecular formula is C67H114O6. The third-order valence-electron chi connectivity index (χ3n) is 13.0. The second kappa shape index (κ2) is 60.9. The van der Waals surface area contributed by atoms with E-state index in [1.165, 1.54) is 122 Å². The number of ether oxygens (including phenoxy) is 3. The zero-order valence-electron chi connectivity index (χ0n) is 47.9. The van der Waals surface area contributed by atoms with E-state index < -0.39 is 6.10 Å². The molecular weight excluding hydrogens is 901 g/mol. The van der Waals surface area contributed by atoms with Gasteiger partial charge in [-0.3, -0.25) is 14.4 Å². The number of unbranched alkanes of at least 4 members (excludes halogenated alkanes) is 28. The predicted molar refractivity (Wildman–Crippen MR) is 316 cm³/mol. The van der Waals surface area contributed by atoms with Gasteiger partial charge < -0.3 is 14.2 Å². The number of carbonyl (C=O) groups excluding carboxylic acids is 3. The van der Waals surface area contributed by atoms with Gasteiger partial charge in [0.1, 0.15) is 13.2 Å². The highest BCUT2D eigenvalue weighted by molar-refractivity contribution is 5.71. The lowest BCUT2D eigenvalue weighted by molar-refractivity contribution is -0.167. The fraction of sp³-hybridized carbons (Fsp3) is 0.716. The molecule has 6 nitrogen and oxygen atoms in total. The van der Waals surface area contributed by atoms with Gasteiger partial charge in [0.15, 0.2) is 6.10 Å². The zero-order chi connectivity index (χ0) is 52.9. The Morgan fingerprint density at radius 3 is 0.904 bits per heavy atom. The van der Waals surface area contributed by atoms with Crippen LogP contribution in [0.25, 0.3) is 0 Å². The van der Waals surface area contributed by atoms with Crippen molar-refractivity contribution >= 4 is 17.9 Å². The highest BCUT2D eigenvalue weighted by Gasteiger charge is 2.19. The van der Waals surface area contributed by atoms with E-state index in [2.05, 4.69) is 118 Å². The summed E-state index contributed by atoms with van der Waals surface area (Å²) in [6, 6.07) is 0. The van der Waals surface area contributed by atoms with Gasteiger partial charge in [-0.05, 0) is 116 Å². The molecule has 73 heavy (non-hydrogen) atoms. The fourth-order valence-electron chi connectivity index (χ4n) is 8.44. The molecule has 0 rings (SSSR count). The molecule has 0 aromatic heterocycles. The lowest BCUT2D eigenvalue weighted by Crippen LogP contribution is -2.30. The average Bonchev–Trinajstić information content (AvgIpc) is 3.39. The van der Waals surface area contributed by atoms with Gasteiger partial charge in [0.25, 0.3) is 0 Å². The lowest BCUT2D eigenvalue weighted by Gasteiger charge is -2.18. The van der Waals surface area contributed by atoms with Gasteiger partial charge in [0.2, 0.25) is 0 Å². The molecule has 1 atom stereocenters. The first kappa shape index (κ1) is 69.3. The maximum absolute atomic E-state index is 12.9. The van der Waals surface area contributed by atoms with Crippen molar-refractivity contribution in [2.75, 3.05) is 13.2 Å². The van der Waals surface area contributed by atoms with E-state index in [-0.39, 0.29) is 31.1 Å². The number of allylic oxidation sites excluding steroid dienone is 16. The van der Waals surface area contributed by atoms with Gasteiger partial charge in [0.05, 0.1) is 0 Å². The van der Waals surface area contributed by atoms with Crippen LogP contribution in [-0.2, 0) is 28.6 Å². The largest absolute Gasteiger partial charge is 0.462 e. The van der Waals surface area contributed by atoms with E-state index in [4.69, 9.17) is 14.2 Å². The minimum absolute atomic E-state index is 0.0886. The second-order valence-electron chi connectivity index (χ2n) is 20.2. The van der Waals surface area contributed by atoms with Crippen molar-refractivity contribution in [1.82, 2.24) is 0 Å². The van der Waals surface area contributed by atoms with Crippen LogP contribution in [-0.4, -0.2) is 37.2 Å². The molecule has 0 aromatic carbocycles. The molecule has 0 aromatic rings. The summed E-state index contributed by atoms with van der Waals surface area (Å²) in [5.74, 6) is -0.908. The quantitative estimate of drug-likeness (QED) is 0.0261. The number of hydrogen-bond acceptors (Lipinski definition) is 6. The molecule has 418 valence electrons. The molecule has 0 spiro atoms. The predicted octanol–water partition coefficient (Wildman–Crippen LogP) is 20.9. The Hall–Kier alpha value is -3.67. The van der Waals surface area contributed by atoms with Crippen molar-refractivity contribution in [3.8, 4) is 0 Å². The van der Waals surface area contributed by atoms with Gasteiger partial charge in [0, 0.05) is 19.3 Å². The van der Waals surface area contributed by atoms with Crippen molar-refractivity contribution in [3.63, 3.8) is 0 Å². The molecule has 1 unspecified atom stereocenters. The third kappa shape index (κ3) is 59.1. The van der Waals surface area contributed by atoms with Gasteiger partial charge in [-0.1, -0.05) is 253 Å². The van der Waals surface area contributed by atoms with Crippen LogP contribution in [0.2, 0.25) is 0 Å². The number of hydrogen-bond donors (Lipinski definition) is 0. The third-order valence-corrected chi connectivity index (χ3v) is 13.0. The maximum atomic E-state index is 12.9. The Labute approximate surface area is 451 Å². The van der Waals surface area contributed by atoms with E-state index in [1.54, 1.807) is 0 Å². The molecule has 0 saturated heterocycles. The monoisotopic (exact) mass is 1010 g/mol. The summed E-state index contributed by atoms with van der Waals surface area (Å²) in [4.78, 5) is 38.3. The van der Waals surface area contributed by atoms with Gasteiger partial charge in [-0.2, -0.15) is 0 Å². The molecule has 6 heteroatoms. The summed E-state index contributed by atoms with van der Waals surface area (Å²) in [5, 5.41) is 0. The normalized spacial score (nSPS) is 12.8. The molecule has 0 aliphatic heterocycles. The van der Waals surface area contributed by atoms with E-state index in [0.29, 0.717) is 19.3 Å². The first-order chi connectivity index (χ1) is 36.0. The summed E-state index contributed by atoms with van der Waals surface area (Å²) in [6.07, 6.45) is 81.1. The van der Waals surface area contributed by atoms with Crippen molar-refractivity contribution < 1.29 is 28.6 Å². The highest BCUT2D eigenvalue weighted by Crippen LogP contribution is 2.15. The number of rotatable bonds is 55. The van der Waals surface area contributed by atoms with Crippen molar-refractivity contribution in [1.29, 1.82) is 0 Å². The molecule has 0 amide bonds. The van der Waals surface area contributed by atoms with Crippen LogP contribution in [0.5, 0.6) is 0 Å². The molecule has 0 aliphatic carbocycles. The Morgan fingerprint density at radius 1 is 0.288 bits per heavy atom. The summed E-state index contributed by atoms with van der Waals surface area (Å²) < 4.78 is 16.9. The summed E-state index contributed by atoms with van der Waals surface area (Å²) in [6.45, 7) is 6.45. The van der Waals surface area contributed by atoms with Crippen LogP contribution >= 0.6 is 0 Å². The molecule has 0 bridgehead atoms. The minimum Gasteiger partial charge on any atom is -0.462 e. The SMILES string of the molecule is CC/C=C\C/C=C\C/C=C\C/C=C\C/C=C\CCCCCCCCCC(=O)OCC(COC(=O)CCCCCCC/C=C\C/C=C\CCC)OC(=O)CCCCCCCCCCC/C=C\CCCCCCCC. The van der Waals surface area contributed by atoms with Crippen molar-refractivity contribution in [2.45, 2.75) is 297 Å². The van der Waals surface area contributed by atoms with Crippen LogP contribution < -0.4 is 0 Å². The van der Waals surface area contributed by atoms with E-state index in [9.17, 15) is 14.4 Å². The van der Waals surface area contributed by atoms with Crippen LogP contribution in [0, 0.1) is 0 Å². The standard InChI is InChI=1S/C67H114O6/c1-4-7-10-13-16-19-22-25-27-29-31-32-33-34-36-37-39-42-45-48-51-54-57-60-66(69)72-63-64(62-71-65(68)59-56-53-50-47-44-41-24-21-18-15-12-9-6-3)73-67(70)61-58-55-52-49-46-43-40-38-35-30-28-26-23-20-17-14-11-8-5-2/h7,10,12,15-16,19,21,24-28,31-32,34,36,64H,4-6,8-9,11,13-14,17-18,20,22-23,29-30,33,35,37-63H2,1-3H3/b10-7-,15-12-,19-16-,24-21-,27-25-,28-26-,32-31-,36-34-. The number of esters is 3. The molecule has 0 radical (unpaired) electrons. The Bertz CT molecular complexity index is 1440. The zero-order valence-corrected chi connectivity index (χ0v) is 47.9. The topological polar surface area (TPSA) is 78.9 Å². The minimum atomic E-state index is -0.791. The second-order valence-corrected chi connectivity index (χ2v) is 20.2. The first-order valence-electron chi connectivity index (χ1n) is 30.7. The fourth-order valence-corrected chi connectivity index (χ4v) is 8.44. The average molecular weight is 1020 g/mol. The van der Waals surface area contributed by atoms with Gasteiger partial charge in [-0.15, -0.1) is 0 Å². The molecule has 0 aliphatic rings.